The van der Waals surface area contributed by atoms with Crippen LogP contribution >= 0.6 is 0 Å². The molecule has 0 fully saturated rings. The molecule has 0 aromatic rings. The summed E-state index contributed by atoms with van der Waals surface area (Å²) in [4.78, 5) is 37.7. The van der Waals surface area contributed by atoms with Gasteiger partial charge in [-0.15, -0.1) is 0 Å². The summed E-state index contributed by atoms with van der Waals surface area (Å²) in [5.41, 5.74) is 0. The normalized spacial score (nSPS) is 17.6. The zero-order chi connectivity index (χ0) is 38.8. The van der Waals surface area contributed by atoms with Gasteiger partial charge in [-0.1, -0.05) is 65.7 Å². The Labute approximate surface area is 302 Å². The molecule has 302 valence electrons. The van der Waals surface area contributed by atoms with Crippen molar-refractivity contribution in [2.24, 2.45) is 0 Å². The fourth-order valence-electron chi connectivity index (χ4n) is 5.56. The first-order valence-electron chi connectivity index (χ1n) is 18.8. The number of aliphatic hydroxyl groups excluding tert-OH is 9. The van der Waals surface area contributed by atoms with E-state index in [2.05, 4.69) is 0 Å². The molecule has 9 N–H and O–H groups in total. The number of esters is 3. The average molecular weight is 741 g/mol. The lowest BCUT2D eigenvalue weighted by Gasteiger charge is -2.25. The summed E-state index contributed by atoms with van der Waals surface area (Å²) in [5, 5.41) is 89.5. The van der Waals surface area contributed by atoms with Crippen LogP contribution in [0.5, 0.6) is 0 Å². The van der Waals surface area contributed by atoms with E-state index in [-0.39, 0.29) is 25.7 Å². The number of carbonyl (C=O) groups is 3. The van der Waals surface area contributed by atoms with E-state index in [0.717, 1.165) is 51.4 Å². The van der Waals surface area contributed by atoms with Gasteiger partial charge in [0.1, 0.15) is 43.2 Å². The minimum atomic E-state index is -1.92. The third kappa shape index (κ3) is 24.8. The Balaban J connectivity index is 5.08. The van der Waals surface area contributed by atoms with Gasteiger partial charge in [0, 0.05) is 12.8 Å². The maximum absolute atomic E-state index is 12.8. The van der Waals surface area contributed by atoms with Gasteiger partial charge in [-0.05, 0) is 38.5 Å². The number of hydrogen-bond acceptors (Lipinski definition) is 15. The van der Waals surface area contributed by atoms with Crippen LogP contribution in [-0.4, -0.2) is 138 Å². The number of aliphatic hydroxyl groups is 9. The van der Waals surface area contributed by atoms with Crippen LogP contribution in [0.3, 0.4) is 0 Å². The van der Waals surface area contributed by atoms with Crippen LogP contribution < -0.4 is 0 Å². The zero-order valence-electron chi connectivity index (χ0n) is 30.9. The number of unbranched alkanes of at least 4 members (excludes halogenated alkanes) is 6. The lowest BCUT2D eigenvalue weighted by Crippen LogP contribution is -2.47. The van der Waals surface area contributed by atoms with Crippen molar-refractivity contribution in [3.63, 3.8) is 0 Å². The van der Waals surface area contributed by atoms with Crippen molar-refractivity contribution in [2.45, 2.75) is 197 Å². The van der Waals surface area contributed by atoms with Crippen molar-refractivity contribution in [3.8, 4) is 0 Å². The highest BCUT2D eigenvalue weighted by Gasteiger charge is 2.31. The molecule has 0 heterocycles. The van der Waals surface area contributed by atoms with Crippen molar-refractivity contribution in [2.75, 3.05) is 13.2 Å². The number of carbonyl (C=O) groups excluding carboxylic acids is 3. The molecule has 0 aliphatic carbocycles. The molecule has 0 aromatic carbocycles. The molecule has 0 radical (unpaired) electrons. The lowest BCUT2D eigenvalue weighted by molar-refractivity contribution is -0.159. The SMILES string of the molecule is CCCCCC(O)CC(O)CC(=O)OC(CCCCC)CC(O)CC(=O)OC(CCCCC)CC(O)CC(=O)OC[C@H](O)[C@H](O)[C@@H](O)[C@@H](O)CO. The first-order chi connectivity index (χ1) is 24.2. The first-order valence-corrected chi connectivity index (χ1v) is 18.8. The van der Waals surface area contributed by atoms with Crippen molar-refractivity contribution in [1.82, 2.24) is 0 Å². The molecule has 0 amide bonds. The summed E-state index contributed by atoms with van der Waals surface area (Å²) in [6.45, 7) is 4.43. The quantitative estimate of drug-likeness (QED) is 0.0268. The summed E-state index contributed by atoms with van der Waals surface area (Å²) in [5.74, 6) is -2.35. The summed E-state index contributed by atoms with van der Waals surface area (Å²) in [6, 6.07) is 0. The van der Waals surface area contributed by atoms with Crippen LogP contribution in [0.4, 0.5) is 0 Å². The Morgan fingerprint density at radius 1 is 0.490 bits per heavy atom. The standard InChI is InChI=1S/C36H68O15/c1-4-7-10-13-24(38)16-25(39)20-33(45)50-29(15-12-9-6-3)18-27(41)21-34(46)51-28(14-11-8-5-2)17-26(40)19-32(44)49-23-31(43)36(48)35(47)30(42)22-37/h24-31,35-43,47-48H,4-23H2,1-3H3/t24?,25?,26?,27?,28?,29?,30-,31-,35-,36-/m0/s1. The van der Waals surface area contributed by atoms with Gasteiger partial charge < -0.3 is 60.2 Å². The summed E-state index contributed by atoms with van der Waals surface area (Å²) in [6.07, 6.45) is -5.43. The molecule has 0 rings (SSSR count). The van der Waals surface area contributed by atoms with E-state index in [0.29, 0.717) is 25.7 Å². The van der Waals surface area contributed by atoms with E-state index < -0.39 is 105 Å². The topological polar surface area (TPSA) is 261 Å². The van der Waals surface area contributed by atoms with E-state index in [1.807, 2.05) is 20.8 Å². The van der Waals surface area contributed by atoms with Gasteiger partial charge in [-0.25, -0.2) is 0 Å². The maximum atomic E-state index is 12.8. The second-order valence-electron chi connectivity index (χ2n) is 13.6. The maximum Gasteiger partial charge on any atom is 0.308 e. The van der Waals surface area contributed by atoms with Crippen molar-refractivity contribution < 1.29 is 74.6 Å². The fraction of sp³-hybridized carbons (Fsp3) is 0.917. The molecule has 0 saturated carbocycles. The van der Waals surface area contributed by atoms with Crippen molar-refractivity contribution >= 4 is 17.9 Å². The third-order valence-corrected chi connectivity index (χ3v) is 8.56. The van der Waals surface area contributed by atoms with Gasteiger partial charge in [-0.2, -0.15) is 0 Å². The molecular formula is C36H68O15. The Bertz CT molecular complexity index is 906. The Hall–Kier alpha value is -1.95. The highest BCUT2D eigenvalue weighted by atomic mass is 16.6. The third-order valence-electron chi connectivity index (χ3n) is 8.56. The Kier molecular flexibility index (Phi) is 28.4. The summed E-state index contributed by atoms with van der Waals surface area (Å²) in [7, 11) is 0. The number of hydrogen-bond donors (Lipinski definition) is 9. The molecule has 6 unspecified atom stereocenters. The molecule has 0 spiro atoms. The molecule has 0 aliphatic heterocycles. The monoisotopic (exact) mass is 740 g/mol. The molecule has 0 bridgehead atoms. The fourth-order valence-corrected chi connectivity index (χ4v) is 5.56. The van der Waals surface area contributed by atoms with Crippen LogP contribution in [0, 0.1) is 0 Å². The smallest absolute Gasteiger partial charge is 0.308 e. The van der Waals surface area contributed by atoms with Crippen LogP contribution in [0.2, 0.25) is 0 Å². The highest BCUT2D eigenvalue weighted by molar-refractivity contribution is 5.71. The largest absolute Gasteiger partial charge is 0.463 e. The van der Waals surface area contributed by atoms with Crippen LogP contribution in [-0.2, 0) is 28.6 Å². The van der Waals surface area contributed by atoms with E-state index in [1.54, 1.807) is 0 Å². The minimum Gasteiger partial charge on any atom is -0.463 e. The number of ether oxygens (including phenoxy) is 3. The van der Waals surface area contributed by atoms with Crippen LogP contribution in [0.25, 0.3) is 0 Å². The van der Waals surface area contributed by atoms with Crippen LogP contribution in [0.1, 0.15) is 136 Å². The predicted molar refractivity (Wildman–Crippen MR) is 186 cm³/mol. The molecule has 0 aliphatic rings. The van der Waals surface area contributed by atoms with Gasteiger partial charge in [0.25, 0.3) is 0 Å². The minimum absolute atomic E-state index is 0.0359. The summed E-state index contributed by atoms with van der Waals surface area (Å²) >= 11 is 0. The van der Waals surface area contributed by atoms with Gasteiger partial charge in [0.05, 0.1) is 50.3 Å². The van der Waals surface area contributed by atoms with E-state index in [1.165, 1.54) is 0 Å². The predicted octanol–water partition coefficient (Wildman–Crippen LogP) is 1.31. The van der Waals surface area contributed by atoms with Gasteiger partial charge in [0.2, 0.25) is 0 Å². The molecule has 0 saturated heterocycles. The second-order valence-corrected chi connectivity index (χ2v) is 13.6. The van der Waals surface area contributed by atoms with Gasteiger partial charge in [0.15, 0.2) is 0 Å². The zero-order valence-corrected chi connectivity index (χ0v) is 30.9. The average Bonchev–Trinajstić information content (AvgIpc) is 3.05. The van der Waals surface area contributed by atoms with Gasteiger partial charge in [-0.3, -0.25) is 14.4 Å². The second kappa shape index (κ2) is 29.5. The Morgan fingerprint density at radius 3 is 1.31 bits per heavy atom. The van der Waals surface area contributed by atoms with E-state index in [4.69, 9.17) is 19.3 Å². The molecule has 0 aromatic heterocycles. The Morgan fingerprint density at radius 2 is 0.882 bits per heavy atom. The molecule has 15 nitrogen and oxygen atoms in total. The first kappa shape index (κ1) is 49.0. The lowest BCUT2D eigenvalue weighted by atomic mass is 10.0. The molecule has 15 heteroatoms. The van der Waals surface area contributed by atoms with E-state index >= 15 is 0 Å². The number of rotatable bonds is 32. The van der Waals surface area contributed by atoms with Gasteiger partial charge >= 0.3 is 17.9 Å². The van der Waals surface area contributed by atoms with Crippen LogP contribution in [0.15, 0.2) is 0 Å². The highest BCUT2D eigenvalue weighted by Crippen LogP contribution is 2.20. The summed E-state index contributed by atoms with van der Waals surface area (Å²) < 4.78 is 16.0. The molecule has 51 heavy (non-hydrogen) atoms. The molecule has 10 atom stereocenters. The van der Waals surface area contributed by atoms with Crippen molar-refractivity contribution in [3.05, 3.63) is 0 Å². The van der Waals surface area contributed by atoms with E-state index in [9.17, 15) is 55.2 Å². The van der Waals surface area contributed by atoms with Crippen molar-refractivity contribution in [1.29, 1.82) is 0 Å². The molecular weight excluding hydrogens is 672 g/mol.